The standard InChI is InChI=1S/C14H13F2NO/c1-2-13-12(4-3-9-17-13)10-5-7-11(8-6-10)18-14(15)16/h3-9,14H,2H2,1H3. The Hall–Kier alpha value is -1.97. The first kappa shape index (κ1) is 12.5. The van der Waals surface area contributed by atoms with E-state index in [1.807, 2.05) is 19.1 Å². The Labute approximate surface area is 104 Å². The van der Waals surface area contributed by atoms with Crippen molar-refractivity contribution >= 4 is 0 Å². The Morgan fingerprint density at radius 3 is 2.50 bits per heavy atom. The molecule has 0 radical (unpaired) electrons. The number of alkyl halides is 2. The number of hydrogen-bond donors (Lipinski definition) is 0. The minimum Gasteiger partial charge on any atom is -0.435 e. The molecule has 2 nitrogen and oxygen atoms in total. The van der Waals surface area contributed by atoms with Crippen molar-refractivity contribution in [1.29, 1.82) is 0 Å². The third-order valence-electron chi connectivity index (χ3n) is 2.62. The van der Waals surface area contributed by atoms with Crippen molar-refractivity contribution in [2.75, 3.05) is 0 Å². The lowest BCUT2D eigenvalue weighted by molar-refractivity contribution is -0.0498. The van der Waals surface area contributed by atoms with Crippen molar-refractivity contribution in [2.45, 2.75) is 20.0 Å². The van der Waals surface area contributed by atoms with Gasteiger partial charge in [-0.3, -0.25) is 4.98 Å². The fourth-order valence-electron chi connectivity index (χ4n) is 1.80. The third-order valence-corrected chi connectivity index (χ3v) is 2.62. The van der Waals surface area contributed by atoms with Gasteiger partial charge in [-0.1, -0.05) is 25.1 Å². The lowest BCUT2D eigenvalue weighted by atomic mass is 10.0. The molecule has 2 aromatic rings. The third kappa shape index (κ3) is 2.83. The first-order chi connectivity index (χ1) is 8.70. The van der Waals surface area contributed by atoms with E-state index in [0.717, 1.165) is 23.2 Å². The molecular weight excluding hydrogens is 236 g/mol. The molecule has 0 aliphatic rings. The molecule has 0 bridgehead atoms. The summed E-state index contributed by atoms with van der Waals surface area (Å²) in [6.07, 6.45) is 2.57. The van der Waals surface area contributed by atoms with Crippen LogP contribution >= 0.6 is 0 Å². The van der Waals surface area contributed by atoms with Crippen molar-refractivity contribution < 1.29 is 13.5 Å². The predicted octanol–water partition coefficient (Wildman–Crippen LogP) is 3.91. The van der Waals surface area contributed by atoms with Crippen LogP contribution in [0.25, 0.3) is 11.1 Å². The molecule has 1 aromatic heterocycles. The molecule has 2 rings (SSSR count). The summed E-state index contributed by atoms with van der Waals surface area (Å²) in [7, 11) is 0. The molecule has 0 aliphatic carbocycles. The second-order valence-corrected chi connectivity index (χ2v) is 3.75. The summed E-state index contributed by atoms with van der Waals surface area (Å²) >= 11 is 0. The summed E-state index contributed by atoms with van der Waals surface area (Å²) < 4.78 is 28.4. The molecular formula is C14H13F2NO. The number of nitrogens with zero attached hydrogens (tertiary/aromatic N) is 1. The van der Waals surface area contributed by atoms with E-state index in [1.165, 1.54) is 12.1 Å². The van der Waals surface area contributed by atoms with Crippen LogP contribution in [0.5, 0.6) is 5.75 Å². The Balaban J connectivity index is 2.28. The molecule has 18 heavy (non-hydrogen) atoms. The van der Waals surface area contributed by atoms with Gasteiger partial charge in [-0.05, 0) is 30.2 Å². The first-order valence-corrected chi connectivity index (χ1v) is 5.70. The van der Waals surface area contributed by atoms with E-state index in [-0.39, 0.29) is 5.75 Å². The highest BCUT2D eigenvalue weighted by Crippen LogP contribution is 2.25. The Morgan fingerprint density at radius 2 is 1.89 bits per heavy atom. The molecule has 0 saturated heterocycles. The normalized spacial score (nSPS) is 10.7. The van der Waals surface area contributed by atoms with Crippen molar-refractivity contribution in [1.82, 2.24) is 4.98 Å². The smallest absolute Gasteiger partial charge is 0.387 e. The fraction of sp³-hybridized carbons (Fsp3) is 0.214. The van der Waals surface area contributed by atoms with E-state index in [2.05, 4.69) is 9.72 Å². The number of halogens is 2. The van der Waals surface area contributed by atoms with Crippen LogP contribution < -0.4 is 4.74 Å². The molecule has 0 fully saturated rings. The van der Waals surface area contributed by atoms with Gasteiger partial charge in [-0.25, -0.2) is 0 Å². The number of rotatable bonds is 4. The van der Waals surface area contributed by atoms with Gasteiger partial charge in [0.25, 0.3) is 0 Å². The van der Waals surface area contributed by atoms with Gasteiger partial charge in [0.2, 0.25) is 0 Å². The van der Waals surface area contributed by atoms with Crippen LogP contribution in [0.4, 0.5) is 8.78 Å². The summed E-state index contributed by atoms with van der Waals surface area (Å²) in [6, 6.07) is 10.4. The van der Waals surface area contributed by atoms with Gasteiger partial charge in [0.1, 0.15) is 5.75 Å². The Bertz CT molecular complexity index is 511. The van der Waals surface area contributed by atoms with E-state index in [1.54, 1.807) is 18.3 Å². The van der Waals surface area contributed by atoms with Crippen molar-refractivity contribution in [2.24, 2.45) is 0 Å². The highest BCUT2D eigenvalue weighted by Gasteiger charge is 2.06. The molecule has 0 spiro atoms. The van der Waals surface area contributed by atoms with Crippen LogP contribution in [0.2, 0.25) is 0 Å². The second kappa shape index (κ2) is 5.58. The number of pyridine rings is 1. The van der Waals surface area contributed by atoms with Crippen LogP contribution in [-0.2, 0) is 6.42 Å². The quantitative estimate of drug-likeness (QED) is 0.819. The minimum atomic E-state index is -2.79. The number of aromatic nitrogens is 1. The van der Waals surface area contributed by atoms with Crippen LogP contribution in [-0.4, -0.2) is 11.6 Å². The zero-order valence-corrected chi connectivity index (χ0v) is 9.94. The van der Waals surface area contributed by atoms with Gasteiger partial charge in [0.15, 0.2) is 0 Å². The zero-order chi connectivity index (χ0) is 13.0. The van der Waals surface area contributed by atoms with Crippen LogP contribution in [0.1, 0.15) is 12.6 Å². The summed E-state index contributed by atoms with van der Waals surface area (Å²) in [6.45, 7) is -0.763. The molecule has 0 N–H and O–H groups in total. The maximum Gasteiger partial charge on any atom is 0.387 e. The Kier molecular flexibility index (Phi) is 3.87. The Morgan fingerprint density at radius 1 is 1.17 bits per heavy atom. The lowest BCUT2D eigenvalue weighted by Gasteiger charge is -2.08. The molecule has 94 valence electrons. The maximum absolute atomic E-state index is 12.0. The van der Waals surface area contributed by atoms with Gasteiger partial charge in [0.05, 0.1) is 0 Å². The monoisotopic (exact) mass is 249 g/mol. The van der Waals surface area contributed by atoms with E-state index in [4.69, 9.17) is 0 Å². The average molecular weight is 249 g/mol. The van der Waals surface area contributed by atoms with Gasteiger partial charge >= 0.3 is 6.61 Å². The number of benzene rings is 1. The molecule has 4 heteroatoms. The van der Waals surface area contributed by atoms with E-state index in [0.29, 0.717) is 0 Å². The zero-order valence-electron chi connectivity index (χ0n) is 9.94. The van der Waals surface area contributed by atoms with E-state index in [9.17, 15) is 8.78 Å². The average Bonchev–Trinajstić information content (AvgIpc) is 2.39. The van der Waals surface area contributed by atoms with Crippen LogP contribution in [0, 0.1) is 0 Å². The van der Waals surface area contributed by atoms with Crippen molar-refractivity contribution in [3.05, 3.63) is 48.3 Å². The lowest BCUT2D eigenvalue weighted by Crippen LogP contribution is -2.01. The molecule has 0 unspecified atom stereocenters. The number of aryl methyl sites for hydroxylation is 1. The maximum atomic E-state index is 12.0. The molecule has 0 amide bonds. The topological polar surface area (TPSA) is 22.1 Å². The number of hydrogen-bond acceptors (Lipinski definition) is 2. The van der Waals surface area contributed by atoms with E-state index >= 15 is 0 Å². The van der Waals surface area contributed by atoms with Crippen LogP contribution in [0.3, 0.4) is 0 Å². The predicted molar refractivity (Wildman–Crippen MR) is 65.7 cm³/mol. The van der Waals surface area contributed by atoms with Gasteiger partial charge < -0.3 is 4.74 Å². The van der Waals surface area contributed by atoms with Gasteiger partial charge in [-0.2, -0.15) is 8.78 Å². The highest BCUT2D eigenvalue weighted by molar-refractivity contribution is 5.66. The SMILES string of the molecule is CCc1ncccc1-c1ccc(OC(F)F)cc1. The number of ether oxygens (including phenoxy) is 1. The van der Waals surface area contributed by atoms with Crippen molar-refractivity contribution in [3.8, 4) is 16.9 Å². The summed E-state index contributed by atoms with van der Waals surface area (Å²) in [5.41, 5.74) is 2.95. The largest absolute Gasteiger partial charge is 0.435 e. The van der Waals surface area contributed by atoms with Crippen molar-refractivity contribution in [3.63, 3.8) is 0 Å². The van der Waals surface area contributed by atoms with Gasteiger partial charge in [0, 0.05) is 17.5 Å². The molecule has 0 saturated carbocycles. The minimum absolute atomic E-state index is 0.163. The van der Waals surface area contributed by atoms with E-state index < -0.39 is 6.61 Å². The highest BCUT2D eigenvalue weighted by atomic mass is 19.3. The molecule has 1 heterocycles. The summed E-state index contributed by atoms with van der Waals surface area (Å²) in [4.78, 5) is 4.29. The van der Waals surface area contributed by atoms with Crippen LogP contribution in [0.15, 0.2) is 42.6 Å². The fourth-order valence-corrected chi connectivity index (χ4v) is 1.80. The molecule has 1 aromatic carbocycles. The summed E-state index contributed by atoms with van der Waals surface area (Å²) in [5.74, 6) is 0.163. The summed E-state index contributed by atoms with van der Waals surface area (Å²) in [5, 5.41) is 0. The second-order valence-electron chi connectivity index (χ2n) is 3.75. The molecule has 0 atom stereocenters. The first-order valence-electron chi connectivity index (χ1n) is 5.70. The molecule has 0 aliphatic heterocycles. The van der Waals surface area contributed by atoms with Gasteiger partial charge in [-0.15, -0.1) is 0 Å².